The maximum Gasteiger partial charge on any atom is 0.184 e. The van der Waals surface area contributed by atoms with Crippen LogP contribution in [-0.4, -0.2) is 25.3 Å². The summed E-state index contributed by atoms with van der Waals surface area (Å²) in [7, 11) is -1.86. The monoisotopic (exact) mass is 322 g/mol. The van der Waals surface area contributed by atoms with E-state index in [9.17, 15) is 9.90 Å². The van der Waals surface area contributed by atoms with Crippen LogP contribution >= 0.6 is 0 Å². The highest BCUT2D eigenvalue weighted by atomic mass is 28.4. The first kappa shape index (κ1) is 19.1. The second-order valence-electron chi connectivity index (χ2n) is 8.02. The number of rotatable bonds is 6. The molecule has 0 radical (unpaired) electrons. The summed E-state index contributed by atoms with van der Waals surface area (Å²) >= 11 is 0. The van der Waals surface area contributed by atoms with Gasteiger partial charge in [0.05, 0.1) is 6.10 Å². The fraction of sp³-hybridized carbons (Fsp3) is 0.611. The molecule has 0 saturated carbocycles. The minimum atomic E-state index is -1.86. The molecular formula is C18H30O3Si. The molecule has 1 aromatic carbocycles. The Bertz CT molecular complexity index is 485. The number of carbonyl (C=O) groups excluding carboxylic acids is 1. The molecule has 0 saturated heterocycles. The van der Waals surface area contributed by atoms with Crippen molar-refractivity contribution in [3.8, 4) is 0 Å². The minimum absolute atomic E-state index is 0.0220. The predicted molar refractivity (Wildman–Crippen MR) is 93.2 cm³/mol. The van der Waals surface area contributed by atoms with Crippen molar-refractivity contribution < 1.29 is 14.3 Å². The summed E-state index contributed by atoms with van der Waals surface area (Å²) in [6.07, 6.45) is -1.30. The third-order valence-corrected chi connectivity index (χ3v) is 4.52. The number of hydrogen-bond acceptors (Lipinski definition) is 3. The van der Waals surface area contributed by atoms with Crippen LogP contribution in [0.4, 0.5) is 0 Å². The minimum Gasteiger partial charge on any atom is -0.407 e. The first-order valence-electron chi connectivity index (χ1n) is 7.88. The molecule has 0 heterocycles. The molecule has 22 heavy (non-hydrogen) atoms. The first-order valence-corrected chi connectivity index (χ1v) is 11.3. The molecule has 0 aliphatic carbocycles. The van der Waals surface area contributed by atoms with E-state index in [0.29, 0.717) is 0 Å². The van der Waals surface area contributed by atoms with Gasteiger partial charge in [-0.15, -0.1) is 0 Å². The zero-order valence-electron chi connectivity index (χ0n) is 14.9. The van der Waals surface area contributed by atoms with E-state index in [1.54, 1.807) is 6.92 Å². The lowest BCUT2D eigenvalue weighted by atomic mass is 9.80. The van der Waals surface area contributed by atoms with Crippen molar-refractivity contribution in [3.63, 3.8) is 0 Å². The smallest absolute Gasteiger partial charge is 0.184 e. The molecule has 0 amide bonds. The van der Waals surface area contributed by atoms with Crippen LogP contribution in [0.25, 0.3) is 0 Å². The lowest BCUT2D eigenvalue weighted by Gasteiger charge is -2.37. The van der Waals surface area contributed by atoms with Crippen molar-refractivity contribution in [3.05, 3.63) is 35.9 Å². The predicted octanol–water partition coefficient (Wildman–Crippen LogP) is 4.19. The number of carbonyl (C=O) groups is 1. The van der Waals surface area contributed by atoms with Crippen molar-refractivity contribution >= 4 is 14.1 Å². The fourth-order valence-electron chi connectivity index (χ4n) is 2.35. The largest absolute Gasteiger partial charge is 0.407 e. The second kappa shape index (κ2) is 7.07. The Balaban J connectivity index is 2.98. The average molecular weight is 323 g/mol. The third kappa shape index (κ3) is 5.34. The van der Waals surface area contributed by atoms with Gasteiger partial charge >= 0.3 is 0 Å². The van der Waals surface area contributed by atoms with Crippen molar-refractivity contribution in [1.82, 2.24) is 0 Å². The van der Waals surface area contributed by atoms with E-state index in [2.05, 4.69) is 19.6 Å². The number of Topliss-reactive ketones (excluding diaryl/α,β-unsaturated/α-hetero) is 1. The van der Waals surface area contributed by atoms with Crippen molar-refractivity contribution in [1.29, 1.82) is 0 Å². The van der Waals surface area contributed by atoms with E-state index in [0.717, 1.165) is 5.56 Å². The van der Waals surface area contributed by atoms with E-state index < -0.39 is 26.4 Å². The van der Waals surface area contributed by atoms with Gasteiger partial charge in [-0.1, -0.05) is 58.0 Å². The number of hydrogen-bond donors (Lipinski definition) is 1. The lowest BCUT2D eigenvalue weighted by Crippen LogP contribution is -2.47. The molecule has 0 unspecified atom stereocenters. The zero-order chi connectivity index (χ0) is 17.1. The van der Waals surface area contributed by atoms with Gasteiger partial charge in [-0.3, -0.25) is 4.79 Å². The molecule has 1 rings (SSSR count). The molecule has 3 atom stereocenters. The summed E-state index contributed by atoms with van der Waals surface area (Å²) < 4.78 is 6.15. The van der Waals surface area contributed by atoms with Crippen LogP contribution in [-0.2, 0) is 9.22 Å². The molecule has 124 valence electrons. The van der Waals surface area contributed by atoms with E-state index in [1.165, 1.54) is 0 Å². The Kier molecular flexibility index (Phi) is 6.13. The van der Waals surface area contributed by atoms with Gasteiger partial charge in [-0.25, -0.2) is 0 Å². The first-order chi connectivity index (χ1) is 9.93. The molecular weight excluding hydrogens is 292 g/mol. The van der Waals surface area contributed by atoms with Gasteiger partial charge in [0.1, 0.15) is 6.10 Å². The van der Waals surface area contributed by atoms with Crippen molar-refractivity contribution in [2.75, 3.05) is 0 Å². The number of ketones is 1. The van der Waals surface area contributed by atoms with Gasteiger partial charge in [0.25, 0.3) is 0 Å². The van der Waals surface area contributed by atoms with Gasteiger partial charge < -0.3 is 9.53 Å². The molecule has 3 nitrogen and oxygen atoms in total. The molecule has 0 aliphatic rings. The molecule has 4 heteroatoms. The molecule has 1 aromatic rings. The molecule has 0 spiro atoms. The summed E-state index contributed by atoms with van der Waals surface area (Å²) in [4.78, 5) is 12.9. The SMILES string of the molecule is C[C@@H](C(=O)[C@@H](O[Si](C)(C)C)C(C)(C)C)[C@@H](O)c1ccccc1. The van der Waals surface area contributed by atoms with E-state index in [1.807, 2.05) is 51.1 Å². The van der Waals surface area contributed by atoms with E-state index in [4.69, 9.17) is 4.43 Å². The Morgan fingerprint density at radius 3 is 2.05 bits per heavy atom. The summed E-state index contributed by atoms with van der Waals surface area (Å²) in [6.45, 7) is 14.1. The summed E-state index contributed by atoms with van der Waals surface area (Å²) in [6, 6.07) is 9.33. The summed E-state index contributed by atoms with van der Waals surface area (Å²) in [5, 5.41) is 10.5. The van der Waals surface area contributed by atoms with Crippen LogP contribution in [0.1, 0.15) is 39.4 Å². The van der Waals surface area contributed by atoms with Crippen LogP contribution in [0.15, 0.2) is 30.3 Å². The van der Waals surface area contributed by atoms with Crippen LogP contribution in [0.2, 0.25) is 19.6 Å². The maximum atomic E-state index is 12.9. The molecule has 1 N–H and O–H groups in total. The van der Waals surface area contributed by atoms with Crippen LogP contribution in [0.3, 0.4) is 0 Å². The van der Waals surface area contributed by atoms with Gasteiger partial charge in [0.2, 0.25) is 0 Å². The lowest BCUT2D eigenvalue weighted by molar-refractivity contribution is -0.138. The van der Waals surface area contributed by atoms with E-state index >= 15 is 0 Å². The summed E-state index contributed by atoms with van der Waals surface area (Å²) in [5.74, 6) is -0.519. The van der Waals surface area contributed by atoms with Crippen LogP contribution < -0.4 is 0 Å². The zero-order valence-corrected chi connectivity index (χ0v) is 15.9. The highest BCUT2D eigenvalue weighted by molar-refractivity contribution is 6.69. The number of aliphatic hydroxyl groups is 1. The number of aliphatic hydroxyl groups excluding tert-OH is 1. The fourth-order valence-corrected chi connectivity index (χ4v) is 3.53. The van der Waals surface area contributed by atoms with Gasteiger partial charge in [0, 0.05) is 5.92 Å². The molecule has 0 fully saturated rings. The standard InChI is InChI=1S/C18H30O3Si/c1-13(15(19)14-11-9-8-10-12-14)16(20)17(18(2,3)4)21-22(5,6)7/h8-13,15,17,19H,1-7H3/t13-,15-,17-/m1/s1. The van der Waals surface area contributed by atoms with Crippen LogP contribution in [0.5, 0.6) is 0 Å². The Hall–Kier alpha value is -0.973. The second-order valence-corrected chi connectivity index (χ2v) is 12.5. The maximum absolute atomic E-state index is 12.9. The molecule has 0 aliphatic heterocycles. The third-order valence-electron chi connectivity index (χ3n) is 3.58. The normalized spacial score (nSPS) is 16.9. The molecule has 0 aromatic heterocycles. The Labute approximate surface area is 135 Å². The van der Waals surface area contributed by atoms with Gasteiger partial charge in [-0.05, 0) is 30.6 Å². The van der Waals surface area contributed by atoms with Crippen molar-refractivity contribution in [2.45, 2.75) is 59.5 Å². The highest BCUT2D eigenvalue weighted by Crippen LogP contribution is 2.32. The summed E-state index contributed by atoms with van der Waals surface area (Å²) in [5.41, 5.74) is 0.478. The van der Waals surface area contributed by atoms with Gasteiger partial charge in [-0.2, -0.15) is 0 Å². The van der Waals surface area contributed by atoms with Crippen LogP contribution in [0, 0.1) is 11.3 Å². The molecule has 0 bridgehead atoms. The van der Waals surface area contributed by atoms with Crippen molar-refractivity contribution in [2.24, 2.45) is 11.3 Å². The Morgan fingerprint density at radius 2 is 1.64 bits per heavy atom. The average Bonchev–Trinajstić information content (AvgIpc) is 2.41. The topological polar surface area (TPSA) is 46.5 Å². The quantitative estimate of drug-likeness (QED) is 0.799. The highest BCUT2D eigenvalue weighted by Gasteiger charge is 2.39. The van der Waals surface area contributed by atoms with Gasteiger partial charge in [0.15, 0.2) is 14.1 Å². The van der Waals surface area contributed by atoms with E-state index in [-0.39, 0.29) is 11.2 Å². The number of benzene rings is 1. The Morgan fingerprint density at radius 1 is 1.14 bits per heavy atom.